The second kappa shape index (κ2) is 6.66. The lowest BCUT2D eigenvalue weighted by Gasteiger charge is -2.62. The number of oxime groups is 1. The van der Waals surface area contributed by atoms with Crippen LogP contribution in [0.5, 0.6) is 0 Å². The molecule has 1 unspecified atom stereocenters. The highest BCUT2D eigenvalue weighted by molar-refractivity contribution is 5.88. The first-order chi connectivity index (χ1) is 14.5. The Hall–Kier alpha value is -0.690. The van der Waals surface area contributed by atoms with E-state index in [0.717, 1.165) is 58.5 Å². The van der Waals surface area contributed by atoms with Crippen LogP contribution < -0.4 is 0 Å². The fourth-order valence-corrected chi connectivity index (χ4v) is 8.76. The second-order valence-electron chi connectivity index (χ2n) is 11.2. The Morgan fingerprint density at radius 3 is 2.30 bits per heavy atom. The quantitative estimate of drug-likeness (QED) is 0.598. The zero-order valence-corrected chi connectivity index (χ0v) is 18.8. The first-order valence-corrected chi connectivity index (χ1v) is 12.1. The molecule has 0 aromatic carbocycles. The van der Waals surface area contributed by atoms with E-state index in [9.17, 15) is 0 Å². The maximum absolute atomic E-state index is 6.32. The van der Waals surface area contributed by atoms with Gasteiger partial charge in [0.05, 0.1) is 32.1 Å². The van der Waals surface area contributed by atoms with Crippen LogP contribution in [0.2, 0.25) is 0 Å². The summed E-state index contributed by atoms with van der Waals surface area (Å²) in [5.74, 6) is 1.48. The van der Waals surface area contributed by atoms with Gasteiger partial charge in [-0.2, -0.15) is 0 Å². The molecule has 6 aliphatic rings. The lowest BCUT2D eigenvalue weighted by molar-refractivity contribution is -0.248. The monoisotopic (exact) mass is 419 g/mol. The lowest BCUT2D eigenvalue weighted by atomic mass is 9.44. The number of rotatable bonds is 1. The van der Waals surface area contributed by atoms with Crippen LogP contribution in [-0.4, -0.2) is 50.8 Å². The van der Waals surface area contributed by atoms with E-state index in [0.29, 0.717) is 29.1 Å². The highest BCUT2D eigenvalue weighted by Gasteiger charge is 2.69. The van der Waals surface area contributed by atoms with E-state index in [2.05, 4.69) is 19.0 Å². The molecule has 4 aliphatic carbocycles. The molecule has 6 fully saturated rings. The van der Waals surface area contributed by atoms with Gasteiger partial charge in [0.15, 0.2) is 11.6 Å². The van der Waals surface area contributed by atoms with Gasteiger partial charge in [-0.3, -0.25) is 0 Å². The van der Waals surface area contributed by atoms with Gasteiger partial charge in [0.1, 0.15) is 7.11 Å². The van der Waals surface area contributed by atoms with E-state index in [4.69, 9.17) is 23.8 Å². The summed E-state index contributed by atoms with van der Waals surface area (Å²) in [5, 5.41) is 4.67. The minimum Gasteiger partial charge on any atom is -0.399 e. The summed E-state index contributed by atoms with van der Waals surface area (Å²) in [4.78, 5) is 5.42. The van der Waals surface area contributed by atoms with Crippen molar-refractivity contribution in [3.05, 3.63) is 0 Å². The van der Waals surface area contributed by atoms with Gasteiger partial charge in [-0.25, -0.2) is 0 Å². The van der Waals surface area contributed by atoms with Crippen molar-refractivity contribution in [1.82, 2.24) is 0 Å². The highest BCUT2D eigenvalue weighted by atomic mass is 16.7. The molecule has 0 bridgehead atoms. The van der Waals surface area contributed by atoms with E-state index in [1.165, 1.54) is 25.0 Å². The van der Waals surface area contributed by atoms with Crippen molar-refractivity contribution in [2.45, 2.75) is 76.8 Å². The van der Waals surface area contributed by atoms with Crippen LogP contribution in [0.25, 0.3) is 0 Å². The summed E-state index contributed by atoms with van der Waals surface area (Å²) in [5.41, 5.74) is 1.65. The van der Waals surface area contributed by atoms with Crippen LogP contribution in [-0.2, 0) is 23.8 Å². The van der Waals surface area contributed by atoms with Crippen molar-refractivity contribution in [2.75, 3.05) is 33.5 Å². The van der Waals surface area contributed by atoms with Crippen LogP contribution in [0.3, 0.4) is 0 Å². The van der Waals surface area contributed by atoms with E-state index in [-0.39, 0.29) is 17.0 Å². The Morgan fingerprint density at radius 1 is 0.867 bits per heavy atom. The molecule has 6 atom stereocenters. The molecule has 0 aromatic heterocycles. The molecular weight excluding hydrogens is 382 g/mol. The molecule has 0 amide bonds. The molecule has 0 N–H and O–H groups in total. The third-order valence-corrected chi connectivity index (χ3v) is 10.3. The van der Waals surface area contributed by atoms with E-state index in [1.54, 1.807) is 7.11 Å². The molecule has 0 aromatic rings. The largest absolute Gasteiger partial charge is 0.399 e. The van der Waals surface area contributed by atoms with Crippen LogP contribution in [0, 0.1) is 34.5 Å². The van der Waals surface area contributed by atoms with Crippen molar-refractivity contribution in [3.8, 4) is 0 Å². The molecule has 0 radical (unpaired) electrons. The Kier molecular flexibility index (Phi) is 4.43. The van der Waals surface area contributed by atoms with Gasteiger partial charge in [-0.05, 0) is 55.3 Å². The van der Waals surface area contributed by atoms with Gasteiger partial charge in [0.25, 0.3) is 0 Å². The normalized spacial score (nSPS) is 49.9. The molecule has 6 heteroatoms. The van der Waals surface area contributed by atoms with Gasteiger partial charge < -0.3 is 23.8 Å². The molecule has 2 spiro atoms. The maximum atomic E-state index is 6.32. The second-order valence-corrected chi connectivity index (χ2v) is 11.2. The Labute approximate surface area is 180 Å². The van der Waals surface area contributed by atoms with Crippen molar-refractivity contribution >= 4 is 5.71 Å². The molecule has 4 saturated carbocycles. The summed E-state index contributed by atoms with van der Waals surface area (Å²) in [7, 11) is 1.70. The van der Waals surface area contributed by atoms with Crippen LogP contribution in [0.15, 0.2) is 5.16 Å². The number of fused-ring (bicyclic) bond motifs is 6. The van der Waals surface area contributed by atoms with Gasteiger partial charge in [-0.1, -0.05) is 19.0 Å². The van der Waals surface area contributed by atoms with Gasteiger partial charge in [0.2, 0.25) is 0 Å². The summed E-state index contributed by atoms with van der Waals surface area (Å²) in [6.07, 6.45) is 8.78. The summed E-state index contributed by atoms with van der Waals surface area (Å²) in [6.45, 7) is 7.92. The average molecular weight is 420 g/mol. The topological polar surface area (TPSA) is 58.5 Å². The van der Waals surface area contributed by atoms with Crippen molar-refractivity contribution < 1.29 is 23.8 Å². The third-order valence-electron chi connectivity index (χ3n) is 10.3. The molecular formula is C24H37NO5. The standard InChI is InChI=1S/C24H37NO5/c1-21-8-9-23(27-10-11-28-23)15-16(21)14-19(25-26-3)20-17(21)4-6-22(2)18(20)5-7-24(22)29-12-13-30-24/h16-18,20H,4-15H2,1-3H3/t16?,17-,18-,20+,21-,22-/m0/s1. The number of ether oxygens (including phenoxy) is 4. The average Bonchev–Trinajstić information content (AvgIpc) is 3.45. The zero-order chi connectivity index (χ0) is 20.6. The van der Waals surface area contributed by atoms with Crippen LogP contribution in [0.1, 0.15) is 65.2 Å². The lowest BCUT2D eigenvalue weighted by Crippen LogP contribution is -2.60. The molecule has 2 aliphatic heterocycles. The maximum Gasteiger partial charge on any atom is 0.174 e. The SMILES string of the molecule is CON=C1CC2CC3(CC[C@]2(C)[C@H]2CC[C@@]4(C)[C@@H](CCC45OCCO5)[C@H]12)OCCO3. The molecule has 2 heterocycles. The van der Waals surface area contributed by atoms with Crippen LogP contribution >= 0.6 is 0 Å². The third kappa shape index (κ3) is 2.48. The first kappa shape index (κ1) is 20.0. The zero-order valence-electron chi connectivity index (χ0n) is 18.8. The van der Waals surface area contributed by atoms with E-state index >= 15 is 0 Å². The summed E-state index contributed by atoms with van der Waals surface area (Å²) in [6, 6.07) is 0. The molecule has 6 nitrogen and oxygen atoms in total. The molecule has 168 valence electrons. The number of hydrogen-bond donors (Lipinski definition) is 0. The minimum atomic E-state index is -0.374. The number of nitrogens with zero attached hydrogens (tertiary/aromatic N) is 1. The van der Waals surface area contributed by atoms with Crippen molar-refractivity contribution in [1.29, 1.82) is 0 Å². The fourth-order valence-electron chi connectivity index (χ4n) is 8.76. The van der Waals surface area contributed by atoms with Gasteiger partial charge in [0, 0.05) is 30.6 Å². The first-order valence-electron chi connectivity index (χ1n) is 12.1. The predicted molar refractivity (Wildman–Crippen MR) is 111 cm³/mol. The minimum absolute atomic E-state index is 0.0654. The smallest absolute Gasteiger partial charge is 0.174 e. The van der Waals surface area contributed by atoms with Gasteiger partial charge >= 0.3 is 0 Å². The van der Waals surface area contributed by atoms with E-state index in [1.807, 2.05) is 0 Å². The van der Waals surface area contributed by atoms with Crippen molar-refractivity contribution in [2.24, 2.45) is 39.7 Å². The predicted octanol–water partition coefficient (Wildman–Crippen LogP) is 4.13. The van der Waals surface area contributed by atoms with Gasteiger partial charge in [-0.15, -0.1) is 0 Å². The Morgan fingerprint density at radius 2 is 1.57 bits per heavy atom. The van der Waals surface area contributed by atoms with Crippen LogP contribution in [0.4, 0.5) is 0 Å². The molecule has 30 heavy (non-hydrogen) atoms. The Balaban J connectivity index is 1.36. The molecule has 6 rings (SSSR count). The van der Waals surface area contributed by atoms with E-state index < -0.39 is 0 Å². The summed E-state index contributed by atoms with van der Waals surface area (Å²) >= 11 is 0. The van der Waals surface area contributed by atoms with Crippen molar-refractivity contribution in [3.63, 3.8) is 0 Å². The fraction of sp³-hybridized carbons (Fsp3) is 0.958. The number of hydrogen-bond acceptors (Lipinski definition) is 6. The Bertz CT molecular complexity index is 727. The highest BCUT2D eigenvalue weighted by Crippen LogP contribution is 2.69. The molecule has 2 saturated heterocycles. The summed E-state index contributed by atoms with van der Waals surface area (Å²) < 4.78 is 24.9.